The second-order valence-corrected chi connectivity index (χ2v) is 7.19. The maximum atomic E-state index is 13.4. The molecule has 0 bridgehead atoms. The van der Waals surface area contributed by atoms with Crippen LogP contribution in [0.4, 0.5) is 8.78 Å². The maximum absolute atomic E-state index is 13.4. The summed E-state index contributed by atoms with van der Waals surface area (Å²) >= 11 is 0. The van der Waals surface area contributed by atoms with Gasteiger partial charge in [-0.3, -0.25) is 4.98 Å². The van der Waals surface area contributed by atoms with E-state index in [0.29, 0.717) is 31.4 Å². The van der Waals surface area contributed by atoms with E-state index in [4.69, 9.17) is 4.74 Å². The van der Waals surface area contributed by atoms with Crippen molar-refractivity contribution in [2.75, 3.05) is 0 Å². The Morgan fingerprint density at radius 2 is 1.52 bits per heavy atom. The van der Waals surface area contributed by atoms with Crippen LogP contribution >= 0.6 is 0 Å². The molecule has 4 rings (SSSR count). The summed E-state index contributed by atoms with van der Waals surface area (Å²) in [5.74, 6) is -0.777. The predicted octanol–water partition coefficient (Wildman–Crippen LogP) is 4.46. The lowest BCUT2D eigenvalue weighted by atomic mass is 9.65. The molecule has 7 heteroatoms. The van der Waals surface area contributed by atoms with Crippen molar-refractivity contribution in [2.45, 2.75) is 36.7 Å². The highest BCUT2D eigenvalue weighted by Crippen LogP contribution is 2.48. The van der Waals surface area contributed by atoms with E-state index in [2.05, 4.69) is 21.0 Å². The Hall–Kier alpha value is -3.40. The van der Waals surface area contributed by atoms with Gasteiger partial charge in [0.15, 0.2) is 5.60 Å². The summed E-state index contributed by atoms with van der Waals surface area (Å²) in [5, 5.41) is 9.96. The number of hydrogen-bond donors (Lipinski definition) is 0. The number of nitrogens with zero attached hydrogens (tertiary/aromatic N) is 4. The summed E-state index contributed by atoms with van der Waals surface area (Å²) in [7, 11) is 0. The number of nitriles is 1. The van der Waals surface area contributed by atoms with Crippen molar-refractivity contribution >= 4 is 0 Å². The Morgan fingerprint density at radius 3 is 2.10 bits per heavy atom. The second kappa shape index (κ2) is 7.55. The molecule has 5 nitrogen and oxygen atoms in total. The van der Waals surface area contributed by atoms with Crippen molar-refractivity contribution in [3.05, 3.63) is 83.9 Å². The first-order valence-corrected chi connectivity index (χ1v) is 9.31. The van der Waals surface area contributed by atoms with E-state index in [-0.39, 0.29) is 11.8 Å². The normalized spacial score (nSPS) is 23.9. The zero-order valence-electron chi connectivity index (χ0n) is 15.6. The summed E-state index contributed by atoms with van der Waals surface area (Å²) in [6, 6.07) is 13.3. The minimum Gasteiger partial charge on any atom is -0.450 e. The molecule has 0 unspecified atom stereocenters. The van der Waals surface area contributed by atoms with E-state index in [1.54, 1.807) is 36.7 Å². The van der Waals surface area contributed by atoms with Crippen LogP contribution in [0.2, 0.25) is 0 Å². The first kappa shape index (κ1) is 18.9. The minimum atomic E-state index is -0.880. The lowest BCUT2D eigenvalue weighted by molar-refractivity contribution is -0.000359. The topological polar surface area (TPSA) is 71.7 Å². The molecule has 0 aliphatic heterocycles. The Kier molecular flexibility index (Phi) is 4.93. The highest BCUT2D eigenvalue weighted by molar-refractivity contribution is 5.35. The molecule has 0 N–H and O–H groups in total. The Morgan fingerprint density at radius 1 is 0.862 bits per heavy atom. The summed E-state index contributed by atoms with van der Waals surface area (Å²) in [6.45, 7) is 0. The summed E-state index contributed by atoms with van der Waals surface area (Å²) in [4.78, 5) is 12.5. The molecule has 0 saturated heterocycles. The van der Waals surface area contributed by atoms with Crippen molar-refractivity contribution in [3.63, 3.8) is 0 Å². The molecule has 29 heavy (non-hydrogen) atoms. The first-order valence-electron chi connectivity index (χ1n) is 9.31. The van der Waals surface area contributed by atoms with Crippen molar-refractivity contribution in [1.29, 1.82) is 5.26 Å². The summed E-state index contributed by atoms with van der Waals surface area (Å²) in [6.07, 6.45) is 6.16. The van der Waals surface area contributed by atoms with Gasteiger partial charge in [-0.25, -0.2) is 18.7 Å². The van der Waals surface area contributed by atoms with Gasteiger partial charge in [-0.05, 0) is 61.6 Å². The van der Waals surface area contributed by atoms with Gasteiger partial charge in [0.05, 0.1) is 23.4 Å². The number of aromatic nitrogens is 3. The first-order chi connectivity index (χ1) is 14.1. The van der Waals surface area contributed by atoms with Gasteiger partial charge in [0.1, 0.15) is 11.6 Å². The molecule has 2 aromatic heterocycles. The number of halogens is 2. The van der Waals surface area contributed by atoms with E-state index in [0.717, 1.165) is 11.8 Å². The van der Waals surface area contributed by atoms with Crippen LogP contribution in [-0.4, -0.2) is 15.0 Å². The van der Waals surface area contributed by atoms with Gasteiger partial charge in [0.2, 0.25) is 0 Å². The minimum absolute atomic E-state index is 0.199. The molecule has 146 valence electrons. The van der Waals surface area contributed by atoms with Gasteiger partial charge in [0.25, 0.3) is 0 Å². The molecule has 1 fully saturated rings. The zero-order chi connectivity index (χ0) is 20.3. The molecular formula is C22H18F2N4O. The molecule has 1 aromatic carbocycles. The lowest BCUT2D eigenvalue weighted by Gasteiger charge is -2.42. The van der Waals surface area contributed by atoms with Gasteiger partial charge in [-0.15, -0.1) is 0 Å². The van der Waals surface area contributed by atoms with Crippen LogP contribution in [-0.2, 0) is 11.0 Å². The number of ether oxygens (including phenoxy) is 1. The Bertz CT molecular complexity index is 1010. The van der Waals surface area contributed by atoms with E-state index in [1.807, 2.05) is 0 Å². The van der Waals surface area contributed by atoms with Gasteiger partial charge in [0, 0.05) is 12.4 Å². The number of pyridine rings is 1. The molecule has 3 aromatic rings. The Labute approximate surface area is 167 Å². The lowest BCUT2D eigenvalue weighted by Crippen LogP contribution is -2.43. The average Bonchev–Trinajstić information content (AvgIpc) is 2.76. The van der Waals surface area contributed by atoms with E-state index in [1.165, 1.54) is 18.2 Å². The standard InChI is InChI=1S/C22H18F2N4O/c23-17-4-2-16(3-5-17)21(15-25)8-10-22(11-9-21,19-7-6-18(24)14-28-19)29-20-26-12-1-13-27-20/h1-7,12-14H,8-11H2/t21-,22+. The fourth-order valence-electron chi connectivity index (χ4n) is 3.88. The van der Waals surface area contributed by atoms with E-state index >= 15 is 0 Å². The van der Waals surface area contributed by atoms with Crippen LogP contribution in [0.25, 0.3) is 0 Å². The molecule has 1 aliphatic rings. The highest BCUT2D eigenvalue weighted by Gasteiger charge is 2.47. The second-order valence-electron chi connectivity index (χ2n) is 7.19. The third-order valence-corrected chi connectivity index (χ3v) is 5.54. The van der Waals surface area contributed by atoms with Gasteiger partial charge >= 0.3 is 6.01 Å². The summed E-state index contributed by atoms with van der Waals surface area (Å²) in [5.41, 5.74) is -0.289. The third kappa shape index (κ3) is 3.66. The van der Waals surface area contributed by atoms with Crippen LogP contribution < -0.4 is 4.74 Å². The third-order valence-electron chi connectivity index (χ3n) is 5.54. The van der Waals surface area contributed by atoms with Gasteiger partial charge in [-0.1, -0.05) is 12.1 Å². The molecule has 0 radical (unpaired) electrons. The van der Waals surface area contributed by atoms with Crippen LogP contribution in [0.1, 0.15) is 36.9 Å². The molecule has 0 atom stereocenters. The maximum Gasteiger partial charge on any atom is 0.317 e. The predicted molar refractivity (Wildman–Crippen MR) is 101 cm³/mol. The number of hydrogen-bond acceptors (Lipinski definition) is 5. The molecule has 1 saturated carbocycles. The molecule has 1 aliphatic carbocycles. The SMILES string of the molecule is N#C[C@]1(c2ccc(F)cc2)CC[C@](Oc2ncccn2)(c2ccc(F)cn2)CC1. The van der Waals surface area contributed by atoms with Crippen molar-refractivity contribution in [1.82, 2.24) is 15.0 Å². The van der Waals surface area contributed by atoms with Crippen molar-refractivity contribution < 1.29 is 13.5 Å². The average molecular weight is 392 g/mol. The monoisotopic (exact) mass is 392 g/mol. The van der Waals surface area contributed by atoms with Crippen LogP contribution in [0.3, 0.4) is 0 Å². The van der Waals surface area contributed by atoms with E-state index < -0.39 is 16.8 Å². The molecule has 0 amide bonds. The van der Waals surface area contributed by atoms with Crippen LogP contribution in [0.5, 0.6) is 6.01 Å². The van der Waals surface area contributed by atoms with E-state index in [9.17, 15) is 14.0 Å². The fourth-order valence-corrected chi connectivity index (χ4v) is 3.88. The zero-order valence-corrected chi connectivity index (χ0v) is 15.6. The fraction of sp³-hybridized carbons (Fsp3) is 0.273. The molecular weight excluding hydrogens is 374 g/mol. The number of rotatable bonds is 4. The van der Waals surface area contributed by atoms with Crippen molar-refractivity contribution in [3.8, 4) is 12.1 Å². The number of benzene rings is 1. The van der Waals surface area contributed by atoms with Gasteiger partial charge < -0.3 is 4.74 Å². The largest absolute Gasteiger partial charge is 0.450 e. The van der Waals surface area contributed by atoms with Crippen LogP contribution in [0, 0.1) is 23.0 Å². The summed E-state index contributed by atoms with van der Waals surface area (Å²) < 4.78 is 33.0. The molecule has 2 heterocycles. The Balaban J connectivity index is 1.68. The smallest absolute Gasteiger partial charge is 0.317 e. The van der Waals surface area contributed by atoms with Gasteiger partial charge in [-0.2, -0.15) is 5.26 Å². The molecule has 0 spiro atoms. The quantitative estimate of drug-likeness (QED) is 0.656. The highest BCUT2D eigenvalue weighted by atomic mass is 19.1. The van der Waals surface area contributed by atoms with Crippen molar-refractivity contribution in [2.24, 2.45) is 0 Å². The van der Waals surface area contributed by atoms with Crippen LogP contribution in [0.15, 0.2) is 61.1 Å².